The van der Waals surface area contributed by atoms with Crippen LogP contribution in [0.15, 0.2) is 24.3 Å². The van der Waals surface area contributed by atoms with Gasteiger partial charge in [0.15, 0.2) is 0 Å². The van der Waals surface area contributed by atoms with Crippen LogP contribution >= 0.6 is 0 Å². The van der Waals surface area contributed by atoms with Crippen LogP contribution in [0.1, 0.15) is 52.0 Å². The number of aliphatic carboxylic acids is 1. The quantitative estimate of drug-likeness (QED) is 0.764. The van der Waals surface area contributed by atoms with Gasteiger partial charge in [0.1, 0.15) is 0 Å². The third-order valence-electron chi connectivity index (χ3n) is 3.33. The Hall–Kier alpha value is -1.84. The molecular weight excluding hydrogens is 266 g/mol. The van der Waals surface area contributed by atoms with Gasteiger partial charge in [-0.05, 0) is 36.0 Å². The van der Waals surface area contributed by atoms with Crippen molar-refractivity contribution in [1.29, 1.82) is 0 Å². The van der Waals surface area contributed by atoms with Crippen LogP contribution in [-0.4, -0.2) is 17.0 Å². The van der Waals surface area contributed by atoms with Crippen LogP contribution in [0.5, 0.6) is 0 Å². The number of carboxylic acid groups (broad SMARTS) is 1. The molecule has 1 rings (SSSR count). The van der Waals surface area contributed by atoms with Gasteiger partial charge in [0.05, 0.1) is 6.42 Å². The van der Waals surface area contributed by atoms with Gasteiger partial charge in [0.25, 0.3) is 0 Å². The highest BCUT2D eigenvalue weighted by Gasteiger charge is 2.25. The Morgan fingerprint density at radius 3 is 2.29 bits per heavy atom. The van der Waals surface area contributed by atoms with E-state index in [1.54, 1.807) is 13.8 Å². The van der Waals surface area contributed by atoms with Crippen LogP contribution in [0.25, 0.3) is 0 Å². The van der Waals surface area contributed by atoms with E-state index in [9.17, 15) is 9.59 Å². The fraction of sp³-hybridized carbons (Fsp3) is 0.529. The van der Waals surface area contributed by atoms with E-state index in [2.05, 4.69) is 12.2 Å². The first-order valence-corrected chi connectivity index (χ1v) is 7.43. The van der Waals surface area contributed by atoms with Gasteiger partial charge < -0.3 is 10.4 Å². The zero-order valence-electron chi connectivity index (χ0n) is 13.1. The van der Waals surface area contributed by atoms with Crippen molar-refractivity contribution in [1.82, 2.24) is 0 Å². The van der Waals surface area contributed by atoms with Crippen LogP contribution in [-0.2, 0) is 16.0 Å². The van der Waals surface area contributed by atoms with Crippen molar-refractivity contribution in [2.24, 2.45) is 5.41 Å². The lowest BCUT2D eigenvalue weighted by atomic mass is 9.85. The molecule has 0 aliphatic carbocycles. The lowest BCUT2D eigenvalue weighted by molar-refractivity contribution is -0.139. The molecule has 0 spiro atoms. The minimum absolute atomic E-state index is 0.0175. The molecule has 0 fully saturated rings. The van der Waals surface area contributed by atoms with Crippen LogP contribution < -0.4 is 5.32 Å². The normalized spacial score (nSPS) is 11.2. The minimum Gasteiger partial charge on any atom is -0.481 e. The van der Waals surface area contributed by atoms with E-state index < -0.39 is 11.4 Å². The third kappa shape index (κ3) is 6.93. The summed E-state index contributed by atoms with van der Waals surface area (Å²) in [7, 11) is 0. The van der Waals surface area contributed by atoms with Crippen molar-refractivity contribution in [3.05, 3.63) is 29.8 Å². The maximum absolute atomic E-state index is 12.0. The van der Waals surface area contributed by atoms with Gasteiger partial charge in [-0.2, -0.15) is 0 Å². The fourth-order valence-electron chi connectivity index (χ4n) is 2.25. The maximum atomic E-state index is 12.0. The molecule has 0 radical (unpaired) electrons. The lowest BCUT2D eigenvalue weighted by Crippen LogP contribution is -2.24. The van der Waals surface area contributed by atoms with Gasteiger partial charge in [-0.1, -0.05) is 39.3 Å². The SMILES string of the molecule is CCCCc1ccc(NC(=O)CC(C)(C)CC(=O)O)cc1. The average molecular weight is 291 g/mol. The molecule has 0 atom stereocenters. The Labute approximate surface area is 126 Å². The second-order valence-corrected chi connectivity index (χ2v) is 6.26. The number of rotatable bonds is 8. The van der Waals surface area contributed by atoms with E-state index >= 15 is 0 Å². The van der Waals surface area contributed by atoms with Crippen LogP contribution in [0.3, 0.4) is 0 Å². The van der Waals surface area contributed by atoms with Crippen LogP contribution in [0, 0.1) is 5.41 Å². The predicted octanol–water partition coefficient (Wildman–Crippen LogP) is 3.86. The van der Waals surface area contributed by atoms with Crippen molar-refractivity contribution in [2.75, 3.05) is 5.32 Å². The van der Waals surface area contributed by atoms with Crippen LogP contribution in [0.2, 0.25) is 0 Å². The Kier molecular flexibility index (Phi) is 6.40. The summed E-state index contributed by atoms with van der Waals surface area (Å²) >= 11 is 0. The molecule has 4 heteroatoms. The highest BCUT2D eigenvalue weighted by molar-refractivity contribution is 5.91. The van der Waals surface area contributed by atoms with Gasteiger partial charge in [-0.25, -0.2) is 0 Å². The number of hydrogen-bond acceptors (Lipinski definition) is 2. The fourth-order valence-corrected chi connectivity index (χ4v) is 2.25. The van der Waals surface area contributed by atoms with Gasteiger partial charge in [-0.3, -0.25) is 9.59 Å². The molecule has 1 aromatic rings. The van der Waals surface area contributed by atoms with Gasteiger partial charge >= 0.3 is 5.97 Å². The zero-order chi connectivity index (χ0) is 15.9. The number of benzene rings is 1. The molecule has 0 aliphatic heterocycles. The Bertz CT molecular complexity index is 477. The van der Waals surface area contributed by atoms with E-state index in [1.165, 1.54) is 5.56 Å². The molecule has 0 heterocycles. The van der Waals surface area contributed by atoms with E-state index in [4.69, 9.17) is 5.11 Å². The van der Waals surface area contributed by atoms with Crippen LogP contribution in [0.4, 0.5) is 5.69 Å². The number of nitrogens with one attached hydrogen (secondary N) is 1. The summed E-state index contributed by atoms with van der Waals surface area (Å²) in [5.74, 6) is -1.03. The van der Waals surface area contributed by atoms with Gasteiger partial charge in [0, 0.05) is 12.1 Å². The number of amides is 1. The summed E-state index contributed by atoms with van der Waals surface area (Å²) in [6.45, 7) is 5.73. The van der Waals surface area contributed by atoms with Gasteiger partial charge in [-0.15, -0.1) is 0 Å². The molecular formula is C17H25NO3. The Morgan fingerprint density at radius 2 is 1.76 bits per heavy atom. The number of aryl methyl sites for hydroxylation is 1. The summed E-state index contributed by atoms with van der Waals surface area (Å²) in [6.07, 6.45) is 3.55. The minimum atomic E-state index is -0.881. The molecule has 0 saturated heterocycles. The first kappa shape index (κ1) is 17.2. The topological polar surface area (TPSA) is 66.4 Å². The summed E-state index contributed by atoms with van der Waals surface area (Å²) in [5, 5.41) is 11.6. The number of unbranched alkanes of at least 4 members (excludes halogenated alkanes) is 1. The first-order valence-electron chi connectivity index (χ1n) is 7.43. The molecule has 116 valence electrons. The molecule has 1 aromatic carbocycles. The van der Waals surface area contributed by atoms with Crippen molar-refractivity contribution in [2.45, 2.75) is 52.9 Å². The molecule has 0 bridgehead atoms. The van der Waals surface area contributed by atoms with E-state index in [0.717, 1.165) is 24.9 Å². The molecule has 0 unspecified atom stereocenters. The lowest BCUT2D eigenvalue weighted by Gasteiger charge is -2.21. The molecule has 0 saturated carbocycles. The van der Waals surface area contributed by atoms with Crippen molar-refractivity contribution in [3.8, 4) is 0 Å². The molecule has 0 aliphatic rings. The number of hydrogen-bond donors (Lipinski definition) is 2. The largest absolute Gasteiger partial charge is 0.481 e. The molecule has 1 amide bonds. The van der Waals surface area contributed by atoms with Crippen molar-refractivity contribution >= 4 is 17.6 Å². The smallest absolute Gasteiger partial charge is 0.303 e. The van der Waals surface area contributed by atoms with E-state index in [0.29, 0.717) is 0 Å². The number of carboxylic acids is 1. The third-order valence-corrected chi connectivity index (χ3v) is 3.33. The second kappa shape index (κ2) is 7.81. The second-order valence-electron chi connectivity index (χ2n) is 6.26. The van der Waals surface area contributed by atoms with E-state index in [-0.39, 0.29) is 18.7 Å². The molecule has 4 nitrogen and oxygen atoms in total. The summed E-state index contributed by atoms with van der Waals surface area (Å²) in [5.41, 5.74) is 1.48. The number of anilines is 1. The zero-order valence-corrected chi connectivity index (χ0v) is 13.1. The highest BCUT2D eigenvalue weighted by Crippen LogP contribution is 2.25. The summed E-state index contributed by atoms with van der Waals surface area (Å²) < 4.78 is 0. The number of carbonyl (C=O) groups excluding carboxylic acids is 1. The molecule has 21 heavy (non-hydrogen) atoms. The monoisotopic (exact) mass is 291 g/mol. The van der Waals surface area contributed by atoms with E-state index in [1.807, 2.05) is 24.3 Å². The maximum Gasteiger partial charge on any atom is 0.303 e. The van der Waals surface area contributed by atoms with Gasteiger partial charge in [0.2, 0.25) is 5.91 Å². The average Bonchev–Trinajstić information content (AvgIpc) is 2.35. The Balaban J connectivity index is 2.52. The standard InChI is InChI=1S/C17H25NO3/c1-4-5-6-13-7-9-14(10-8-13)18-15(19)11-17(2,3)12-16(20)21/h7-10H,4-6,11-12H2,1-3H3,(H,18,19)(H,20,21). The summed E-state index contributed by atoms with van der Waals surface area (Å²) in [6, 6.07) is 7.83. The Morgan fingerprint density at radius 1 is 1.14 bits per heavy atom. The predicted molar refractivity (Wildman–Crippen MR) is 84.3 cm³/mol. The highest BCUT2D eigenvalue weighted by atomic mass is 16.4. The number of carbonyl (C=O) groups is 2. The van der Waals surface area contributed by atoms with Crippen molar-refractivity contribution < 1.29 is 14.7 Å². The summed E-state index contributed by atoms with van der Waals surface area (Å²) in [4.78, 5) is 22.7. The first-order chi connectivity index (χ1) is 9.82. The molecule has 2 N–H and O–H groups in total. The molecule has 0 aromatic heterocycles. The van der Waals surface area contributed by atoms with Crippen molar-refractivity contribution in [3.63, 3.8) is 0 Å².